The molecular formula is C25H28BrN3O3S. The highest BCUT2D eigenvalue weighted by Crippen LogP contribution is 2.42. The lowest BCUT2D eigenvalue weighted by Gasteiger charge is -2.31. The highest BCUT2D eigenvalue weighted by atomic mass is 79.9. The van der Waals surface area contributed by atoms with E-state index >= 15 is 0 Å². The number of carbonyl (C=O) groups excluding carboxylic acids is 1. The third-order valence-corrected chi connectivity index (χ3v) is 6.89. The second-order valence-electron chi connectivity index (χ2n) is 8.40. The van der Waals surface area contributed by atoms with Crippen LogP contribution in [-0.4, -0.2) is 24.2 Å². The van der Waals surface area contributed by atoms with Crippen molar-refractivity contribution in [3.8, 4) is 11.5 Å². The number of thiocarbonyl (C=S) groups is 1. The summed E-state index contributed by atoms with van der Waals surface area (Å²) >= 11 is 9.07. The number of benzene rings is 2. The second kappa shape index (κ2) is 10.1. The molecule has 2 aromatic carbocycles. The predicted molar refractivity (Wildman–Crippen MR) is 138 cm³/mol. The first kappa shape index (κ1) is 23.6. The lowest BCUT2D eigenvalue weighted by Crippen LogP contribution is -2.45. The third-order valence-electron chi connectivity index (χ3n) is 6.08. The smallest absolute Gasteiger partial charge is 0.255 e. The number of hydrogen-bond acceptors (Lipinski definition) is 4. The van der Waals surface area contributed by atoms with Crippen LogP contribution < -0.4 is 25.4 Å². The summed E-state index contributed by atoms with van der Waals surface area (Å²) in [5, 5.41) is 9.84. The molecule has 2 aromatic rings. The molecule has 0 radical (unpaired) electrons. The van der Waals surface area contributed by atoms with Gasteiger partial charge in [-0.15, -0.1) is 0 Å². The van der Waals surface area contributed by atoms with Gasteiger partial charge in [-0.1, -0.05) is 18.2 Å². The molecule has 1 aliphatic carbocycles. The predicted octanol–water partition coefficient (Wildman–Crippen LogP) is 5.52. The summed E-state index contributed by atoms with van der Waals surface area (Å²) < 4.78 is 12.7. The molecule has 4 rings (SSSR count). The zero-order chi connectivity index (χ0) is 23.5. The number of amides is 1. The average molecular weight is 530 g/mol. The van der Waals surface area contributed by atoms with Crippen LogP contribution in [0.1, 0.15) is 49.8 Å². The van der Waals surface area contributed by atoms with E-state index in [2.05, 4.69) is 31.9 Å². The molecule has 0 bridgehead atoms. The Bertz CT molecular complexity index is 1110. The first-order chi connectivity index (χ1) is 15.9. The second-order valence-corrected chi connectivity index (χ2v) is 9.66. The summed E-state index contributed by atoms with van der Waals surface area (Å²) in [7, 11) is 1.63. The number of anilines is 1. The lowest BCUT2D eigenvalue weighted by molar-refractivity contribution is -0.113. The van der Waals surface area contributed by atoms with Crippen LogP contribution in [0.25, 0.3) is 0 Å². The van der Waals surface area contributed by atoms with Crippen LogP contribution in [-0.2, 0) is 4.79 Å². The van der Waals surface area contributed by atoms with Crippen LogP contribution in [0.2, 0.25) is 0 Å². The monoisotopic (exact) mass is 529 g/mol. The van der Waals surface area contributed by atoms with E-state index in [1.165, 1.54) is 12.8 Å². The van der Waals surface area contributed by atoms with Crippen molar-refractivity contribution in [3.05, 3.63) is 63.3 Å². The highest BCUT2D eigenvalue weighted by molar-refractivity contribution is 9.10. The number of aryl methyl sites for hydroxylation is 1. The molecule has 3 N–H and O–H groups in total. The van der Waals surface area contributed by atoms with Gasteiger partial charge in [0.25, 0.3) is 5.91 Å². The molecule has 1 heterocycles. The number of para-hydroxylation sites is 1. The minimum atomic E-state index is -0.450. The molecule has 33 heavy (non-hydrogen) atoms. The van der Waals surface area contributed by atoms with Crippen LogP contribution in [0.15, 0.2) is 52.1 Å². The maximum atomic E-state index is 13.4. The molecule has 2 aliphatic rings. The molecular weight excluding hydrogens is 502 g/mol. The van der Waals surface area contributed by atoms with E-state index < -0.39 is 6.04 Å². The number of halogens is 1. The minimum absolute atomic E-state index is 0.197. The van der Waals surface area contributed by atoms with Crippen molar-refractivity contribution in [3.63, 3.8) is 0 Å². The number of hydrogen-bond donors (Lipinski definition) is 3. The van der Waals surface area contributed by atoms with Crippen LogP contribution >= 0.6 is 28.1 Å². The average Bonchev–Trinajstić information content (AvgIpc) is 3.29. The maximum absolute atomic E-state index is 13.4. The Kier molecular flexibility index (Phi) is 7.24. The van der Waals surface area contributed by atoms with Gasteiger partial charge in [0.15, 0.2) is 16.6 Å². The van der Waals surface area contributed by atoms with E-state index in [0.717, 1.165) is 34.1 Å². The van der Waals surface area contributed by atoms with E-state index in [9.17, 15) is 4.79 Å². The van der Waals surface area contributed by atoms with Crippen LogP contribution in [0.3, 0.4) is 0 Å². The van der Waals surface area contributed by atoms with Crippen molar-refractivity contribution in [2.24, 2.45) is 0 Å². The van der Waals surface area contributed by atoms with Gasteiger partial charge in [0, 0.05) is 11.4 Å². The summed E-state index contributed by atoms with van der Waals surface area (Å²) in [4.78, 5) is 13.4. The normalized spacial score (nSPS) is 18.5. The van der Waals surface area contributed by atoms with Crippen LogP contribution in [0.4, 0.5) is 5.69 Å². The number of carbonyl (C=O) groups is 1. The van der Waals surface area contributed by atoms with Crippen molar-refractivity contribution < 1.29 is 14.3 Å². The summed E-state index contributed by atoms with van der Waals surface area (Å²) in [6.45, 7) is 3.82. The van der Waals surface area contributed by atoms with Gasteiger partial charge >= 0.3 is 0 Å². The van der Waals surface area contributed by atoms with E-state index in [-0.39, 0.29) is 12.0 Å². The number of allylic oxidation sites excluding steroid dienone is 1. The Balaban J connectivity index is 1.68. The van der Waals surface area contributed by atoms with Crippen molar-refractivity contribution in [1.29, 1.82) is 0 Å². The molecule has 1 amide bonds. The van der Waals surface area contributed by atoms with Gasteiger partial charge in [-0.05, 0) is 97.0 Å². The molecule has 174 valence electrons. The molecule has 1 saturated carbocycles. The largest absolute Gasteiger partial charge is 0.493 e. The van der Waals surface area contributed by atoms with Gasteiger partial charge in [0.2, 0.25) is 0 Å². The van der Waals surface area contributed by atoms with Gasteiger partial charge in [-0.3, -0.25) is 4.79 Å². The van der Waals surface area contributed by atoms with Gasteiger partial charge < -0.3 is 25.4 Å². The van der Waals surface area contributed by atoms with Gasteiger partial charge in [0.05, 0.1) is 29.3 Å². The standard InChI is InChI=1S/C25H28BrN3O3S/c1-14-8-4-7-11-19(14)28-24(30)21-15(2)27-25(33)29-22(21)16-12-18(26)23(20(13-16)31-3)32-17-9-5-6-10-17/h4,7-8,11-13,17,22H,5-6,9-10H2,1-3H3,(H,28,30)(H2,27,29,33). The molecule has 1 aliphatic heterocycles. The maximum Gasteiger partial charge on any atom is 0.255 e. The fraction of sp³-hybridized carbons (Fsp3) is 0.360. The molecule has 0 saturated heterocycles. The third kappa shape index (κ3) is 5.17. The number of methoxy groups -OCH3 is 1. The van der Waals surface area contributed by atoms with E-state index in [4.69, 9.17) is 21.7 Å². The molecule has 8 heteroatoms. The fourth-order valence-electron chi connectivity index (χ4n) is 4.34. The zero-order valence-electron chi connectivity index (χ0n) is 19.0. The number of ether oxygens (including phenoxy) is 2. The first-order valence-corrected chi connectivity index (χ1v) is 12.3. The Morgan fingerprint density at radius 3 is 2.61 bits per heavy atom. The highest BCUT2D eigenvalue weighted by Gasteiger charge is 2.32. The summed E-state index contributed by atoms with van der Waals surface area (Å²) in [6, 6.07) is 11.1. The molecule has 6 nitrogen and oxygen atoms in total. The van der Waals surface area contributed by atoms with Crippen molar-refractivity contribution in [2.75, 3.05) is 12.4 Å². The van der Waals surface area contributed by atoms with Crippen LogP contribution in [0, 0.1) is 6.92 Å². The molecule has 1 fully saturated rings. The van der Waals surface area contributed by atoms with Gasteiger partial charge in [-0.25, -0.2) is 0 Å². The van der Waals surface area contributed by atoms with Crippen LogP contribution in [0.5, 0.6) is 11.5 Å². The number of rotatable bonds is 6. The summed E-state index contributed by atoms with van der Waals surface area (Å²) in [5.41, 5.74) is 3.87. The number of nitrogens with one attached hydrogen (secondary N) is 3. The Labute approximate surface area is 208 Å². The fourth-order valence-corrected chi connectivity index (χ4v) is 5.17. The SMILES string of the molecule is COc1cc(C2NC(=S)NC(C)=C2C(=O)Nc2ccccc2C)cc(Br)c1OC1CCCC1. The molecule has 0 spiro atoms. The Morgan fingerprint density at radius 1 is 1.18 bits per heavy atom. The molecule has 0 aromatic heterocycles. The van der Waals surface area contributed by atoms with Crippen molar-refractivity contribution >= 4 is 44.9 Å². The van der Waals surface area contributed by atoms with Gasteiger partial charge in [-0.2, -0.15) is 0 Å². The zero-order valence-corrected chi connectivity index (χ0v) is 21.4. The van der Waals surface area contributed by atoms with Crippen molar-refractivity contribution in [2.45, 2.75) is 51.7 Å². The van der Waals surface area contributed by atoms with E-state index in [1.807, 2.05) is 50.2 Å². The minimum Gasteiger partial charge on any atom is -0.493 e. The van der Waals surface area contributed by atoms with Gasteiger partial charge in [0.1, 0.15) is 0 Å². The summed E-state index contributed by atoms with van der Waals surface area (Å²) in [5.74, 6) is 1.11. The summed E-state index contributed by atoms with van der Waals surface area (Å²) in [6.07, 6.45) is 4.66. The first-order valence-electron chi connectivity index (χ1n) is 11.1. The van der Waals surface area contributed by atoms with E-state index in [1.54, 1.807) is 7.11 Å². The topological polar surface area (TPSA) is 71.6 Å². The quantitative estimate of drug-likeness (QED) is 0.428. The Morgan fingerprint density at radius 2 is 1.91 bits per heavy atom. The van der Waals surface area contributed by atoms with Crippen molar-refractivity contribution in [1.82, 2.24) is 10.6 Å². The van der Waals surface area contributed by atoms with E-state index in [0.29, 0.717) is 27.9 Å². The Hall–Kier alpha value is -2.58. The molecule has 1 atom stereocenters. The molecule has 1 unspecified atom stereocenters. The lowest BCUT2D eigenvalue weighted by atomic mass is 9.94.